The molecule has 2 aromatic rings. The Hall–Kier alpha value is -2.64. The maximum Gasteiger partial charge on any atom is 0.270 e. The third-order valence-electron chi connectivity index (χ3n) is 4.75. The number of halogens is 1. The Labute approximate surface area is 172 Å². The molecule has 0 saturated carbocycles. The highest BCUT2D eigenvalue weighted by Gasteiger charge is 2.34. The van der Waals surface area contributed by atoms with Crippen LogP contribution in [0.15, 0.2) is 46.4 Å². The largest absolute Gasteiger partial charge is 0.441 e. The summed E-state index contributed by atoms with van der Waals surface area (Å²) in [6, 6.07) is 10.3. The standard InChI is InChI=1S/C20H18ClN3O3S/c21-13-4-6-14(7-5-13)24-19(26)16(18(25)22-20(24)28)12-15-8-9-17(27-15)23-10-2-1-3-11-23/h4-9,12H,1-3,10-11H2,(H,22,25,28). The number of rotatable bonds is 3. The van der Waals surface area contributed by atoms with Crippen molar-refractivity contribution in [2.75, 3.05) is 22.9 Å². The van der Waals surface area contributed by atoms with Gasteiger partial charge < -0.3 is 9.32 Å². The van der Waals surface area contributed by atoms with Crippen LogP contribution >= 0.6 is 23.8 Å². The molecule has 2 amide bonds. The molecule has 0 bridgehead atoms. The second-order valence-corrected chi connectivity index (χ2v) is 7.48. The van der Waals surface area contributed by atoms with E-state index >= 15 is 0 Å². The topological polar surface area (TPSA) is 65.8 Å². The molecule has 2 saturated heterocycles. The monoisotopic (exact) mass is 415 g/mol. The zero-order valence-corrected chi connectivity index (χ0v) is 16.6. The van der Waals surface area contributed by atoms with E-state index in [0.29, 0.717) is 16.5 Å². The molecule has 8 heteroatoms. The van der Waals surface area contributed by atoms with Gasteiger partial charge in [0, 0.05) is 24.2 Å². The van der Waals surface area contributed by atoms with E-state index in [4.69, 9.17) is 28.2 Å². The molecule has 0 radical (unpaired) electrons. The van der Waals surface area contributed by atoms with Gasteiger partial charge in [0.25, 0.3) is 11.8 Å². The fourth-order valence-corrected chi connectivity index (χ4v) is 3.74. The quantitative estimate of drug-likeness (QED) is 0.469. The summed E-state index contributed by atoms with van der Waals surface area (Å²) >= 11 is 11.1. The summed E-state index contributed by atoms with van der Waals surface area (Å²) in [7, 11) is 0. The van der Waals surface area contributed by atoms with E-state index in [9.17, 15) is 9.59 Å². The van der Waals surface area contributed by atoms with Crippen LogP contribution in [0, 0.1) is 0 Å². The lowest BCUT2D eigenvalue weighted by atomic mass is 10.1. The molecule has 1 aromatic carbocycles. The maximum atomic E-state index is 13.0. The van der Waals surface area contributed by atoms with Gasteiger partial charge in [-0.05, 0) is 67.9 Å². The second-order valence-electron chi connectivity index (χ2n) is 6.66. The van der Waals surface area contributed by atoms with Crippen LogP contribution in [-0.4, -0.2) is 30.0 Å². The van der Waals surface area contributed by atoms with Crippen molar-refractivity contribution in [1.82, 2.24) is 5.32 Å². The van der Waals surface area contributed by atoms with Crippen LogP contribution in [-0.2, 0) is 9.59 Å². The van der Waals surface area contributed by atoms with Crippen molar-refractivity contribution in [2.24, 2.45) is 0 Å². The Morgan fingerprint density at radius 1 is 1.04 bits per heavy atom. The first kappa shape index (κ1) is 18.7. The summed E-state index contributed by atoms with van der Waals surface area (Å²) in [5.41, 5.74) is 0.488. The Kier molecular flexibility index (Phi) is 5.19. The van der Waals surface area contributed by atoms with Crippen molar-refractivity contribution < 1.29 is 14.0 Å². The summed E-state index contributed by atoms with van der Waals surface area (Å²) in [6.45, 7) is 1.89. The molecule has 0 unspecified atom stereocenters. The van der Waals surface area contributed by atoms with Crippen molar-refractivity contribution in [1.29, 1.82) is 0 Å². The molecule has 144 valence electrons. The summed E-state index contributed by atoms with van der Waals surface area (Å²) in [5, 5.41) is 3.13. The average Bonchev–Trinajstić information content (AvgIpc) is 3.16. The predicted octanol–water partition coefficient (Wildman–Crippen LogP) is 3.75. The van der Waals surface area contributed by atoms with Crippen LogP contribution in [0.2, 0.25) is 5.02 Å². The van der Waals surface area contributed by atoms with Gasteiger partial charge in [-0.3, -0.25) is 19.8 Å². The van der Waals surface area contributed by atoms with Crippen LogP contribution < -0.4 is 15.1 Å². The normalized spacial score (nSPS) is 19.3. The number of nitrogens with one attached hydrogen (secondary N) is 1. The minimum absolute atomic E-state index is 0.0305. The summed E-state index contributed by atoms with van der Waals surface area (Å²) in [4.78, 5) is 28.8. The molecule has 1 N–H and O–H groups in total. The number of carbonyl (C=O) groups excluding carboxylic acids is 2. The Morgan fingerprint density at radius 2 is 1.75 bits per heavy atom. The molecule has 2 aliphatic rings. The Balaban J connectivity index is 1.61. The lowest BCUT2D eigenvalue weighted by Crippen LogP contribution is -2.54. The zero-order chi connectivity index (χ0) is 19.7. The minimum atomic E-state index is -0.545. The number of benzene rings is 1. The van der Waals surface area contributed by atoms with Crippen molar-refractivity contribution in [3.8, 4) is 0 Å². The SMILES string of the molecule is O=C1NC(=S)N(c2ccc(Cl)cc2)C(=O)C1=Cc1ccc(N2CCCCC2)o1. The number of furan rings is 1. The van der Waals surface area contributed by atoms with Crippen LogP contribution in [0.25, 0.3) is 6.08 Å². The molecule has 0 spiro atoms. The Morgan fingerprint density at radius 3 is 2.46 bits per heavy atom. The molecule has 2 aliphatic heterocycles. The molecule has 3 heterocycles. The highest BCUT2D eigenvalue weighted by Crippen LogP contribution is 2.26. The van der Waals surface area contributed by atoms with E-state index in [1.807, 2.05) is 6.07 Å². The van der Waals surface area contributed by atoms with Gasteiger partial charge in [0.05, 0.1) is 5.69 Å². The molecule has 0 atom stereocenters. The van der Waals surface area contributed by atoms with Gasteiger partial charge >= 0.3 is 0 Å². The number of nitrogens with zero attached hydrogens (tertiary/aromatic N) is 2. The van der Waals surface area contributed by atoms with Crippen molar-refractivity contribution in [2.45, 2.75) is 19.3 Å². The van der Waals surface area contributed by atoms with Crippen LogP contribution in [0.4, 0.5) is 11.6 Å². The van der Waals surface area contributed by atoms with Crippen molar-refractivity contribution in [3.05, 3.63) is 52.8 Å². The van der Waals surface area contributed by atoms with E-state index in [1.165, 1.54) is 17.4 Å². The molecule has 28 heavy (non-hydrogen) atoms. The second kappa shape index (κ2) is 7.77. The number of carbonyl (C=O) groups is 2. The number of hydrogen-bond donors (Lipinski definition) is 1. The number of thiocarbonyl (C=S) groups is 1. The molecule has 0 aliphatic carbocycles. The average molecular weight is 416 g/mol. The third kappa shape index (κ3) is 3.68. The zero-order valence-electron chi connectivity index (χ0n) is 15.0. The number of anilines is 2. The highest BCUT2D eigenvalue weighted by molar-refractivity contribution is 7.80. The first-order valence-corrected chi connectivity index (χ1v) is 9.83. The lowest BCUT2D eigenvalue weighted by molar-refractivity contribution is -0.122. The van der Waals surface area contributed by atoms with Gasteiger partial charge in [-0.15, -0.1) is 0 Å². The summed E-state index contributed by atoms with van der Waals surface area (Å²) in [6.07, 6.45) is 4.94. The highest BCUT2D eigenvalue weighted by atomic mass is 35.5. The molecule has 2 fully saturated rings. The fourth-order valence-electron chi connectivity index (χ4n) is 3.33. The van der Waals surface area contributed by atoms with Crippen LogP contribution in [0.5, 0.6) is 0 Å². The molecular weight excluding hydrogens is 398 g/mol. The van der Waals surface area contributed by atoms with E-state index in [0.717, 1.165) is 31.8 Å². The molecule has 6 nitrogen and oxygen atoms in total. The van der Waals surface area contributed by atoms with E-state index in [1.54, 1.807) is 30.3 Å². The van der Waals surface area contributed by atoms with Crippen molar-refractivity contribution in [3.63, 3.8) is 0 Å². The number of piperidine rings is 1. The van der Waals surface area contributed by atoms with Gasteiger partial charge in [-0.25, -0.2) is 0 Å². The van der Waals surface area contributed by atoms with Gasteiger partial charge in [-0.2, -0.15) is 0 Å². The van der Waals surface area contributed by atoms with Crippen molar-refractivity contribution >= 4 is 58.4 Å². The van der Waals surface area contributed by atoms with E-state index < -0.39 is 11.8 Å². The summed E-state index contributed by atoms with van der Waals surface area (Å²) in [5.74, 6) is 0.145. The van der Waals surface area contributed by atoms with Gasteiger partial charge in [-0.1, -0.05) is 11.6 Å². The molecule has 4 rings (SSSR count). The molecular formula is C20H18ClN3O3S. The lowest BCUT2D eigenvalue weighted by Gasteiger charge is -2.28. The first-order valence-electron chi connectivity index (χ1n) is 9.05. The smallest absolute Gasteiger partial charge is 0.270 e. The van der Waals surface area contributed by atoms with Crippen LogP contribution in [0.1, 0.15) is 25.0 Å². The van der Waals surface area contributed by atoms with Gasteiger partial charge in [0.1, 0.15) is 11.3 Å². The van der Waals surface area contributed by atoms with Gasteiger partial charge in [0.15, 0.2) is 11.0 Å². The fraction of sp³-hybridized carbons (Fsp3) is 0.250. The summed E-state index contributed by atoms with van der Waals surface area (Å²) < 4.78 is 5.85. The van der Waals surface area contributed by atoms with E-state index in [-0.39, 0.29) is 10.7 Å². The predicted molar refractivity (Wildman–Crippen MR) is 112 cm³/mol. The Bertz CT molecular complexity index is 961. The number of amides is 2. The number of hydrogen-bond acceptors (Lipinski definition) is 5. The molecule has 1 aromatic heterocycles. The third-order valence-corrected chi connectivity index (χ3v) is 5.29. The minimum Gasteiger partial charge on any atom is -0.441 e. The van der Waals surface area contributed by atoms with E-state index in [2.05, 4.69) is 10.2 Å². The van der Waals surface area contributed by atoms with Crippen LogP contribution in [0.3, 0.4) is 0 Å². The first-order chi connectivity index (χ1) is 13.5. The maximum absolute atomic E-state index is 13.0. The van der Waals surface area contributed by atoms with Gasteiger partial charge in [0.2, 0.25) is 0 Å².